The molecule has 4 nitrogen and oxygen atoms in total. The van der Waals surface area contributed by atoms with E-state index in [4.69, 9.17) is 10.1 Å². The highest BCUT2D eigenvalue weighted by Gasteiger charge is 2.18. The third-order valence-corrected chi connectivity index (χ3v) is 4.71. The number of pyridine rings is 1. The van der Waals surface area contributed by atoms with Gasteiger partial charge < -0.3 is 10.0 Å². The van der Waals surface area contributed by atoms with Crippen LogP contribution < -0.4 is 0 Å². The second kappa shape index (κ2) is 8.00. The van der Waals surface area contributed by atoms with Gasteiger partial charge in [0.25, 0.3) is 0 Å². The molecule has 1 aromatic carbocycles. The molecule has 1 aliphatic heterocycles. The molecular formula is C22H24N2O2. The Labute approximate surface area is 154 Å². The van der Waals surface area contributed by atoms with E-state index in [2.05, 4.69) is 43.0 Å². The summed E-state index contributed by atoms with van der Waals surface area (Å²) in [6, 6.07) is 14.2. The summed E-state index contributed by atoms with van der Waals surface area (Å²) < 4.78 is 0. The van der Waals surface area contributed by atoms with Crippen molar-refractivity contribution in [3.05, 3.63) is 76.8 Å². The van der Waals surface area contributed by atoms with Crippen molar-refractivity contribution >= 4 is 17.6 Å². The van der Waals surface area contributed by atoms with Crippen LogP contribution in [0.5, 0.6) is 0 Å². The van der Waals surface area contributed by atoms with Crippen LogP contribution in [0.4, 0.5) is 0 Å². The van der Waals surface area contributed by atoms with Crippen LogP contribution >= 0.6 is 0 Å². The number of aliphatic carboxylic acids is 1. The van der Waals surface area contributed by atoms with Gasteiger partial charge in [-0.2, -0.15) is 0 Å². The Kier molecular flexibility index (Phi) is 5.52. The van der Waals surface area contributed by atoms with Crippen LogP contribution in [0.2, 0.25) is 0 Å². The van der Waals surface area contributed by atoms with Gasteiger partial charge in [0.2, 0.25) is 0 Å². The summed E-state index contributed by atoms with van der Waals surface area (Å²) in [5.41, 5.74) is 6.19. The van der Waals surface area contributed by atoms with E-state index in [1.54, 1.807) is 0 Å². The Hall–Kier alpha value is -2.88. The lowest BCUT2D eigenvalue weighted by atomic mass is 9.98. The number of aromatic nitrogens is 1. The van der Waals surface area contributed by atoms with Crippen LogP contribution in [-0.2, 0) is 4.79 Å². The van der Waals surface area contributed by atoms with Crippen LogP contribution in [0, 0.1) is 6.92 Å². The molecule has 4 heteroatoms. The minimum atomic E-state index is -0.972. The molecule has 1 saturated heterocycles. The first-order valence-electron chi connectivity index (χ1n) is 8.96. The fraction of sp³-hybridized carbons (Fsp3) is 0.273. The molecule has 3 rings (SSSR count). The summed E-state index contributed by atoms with van der Waals surface area (Å²) in [6.45, 7) is 6.37. The number of hydrogen-bond donors (Lipinski definition) is 1. The Balaban J connectivity index is 2.09. The average Bonchev–Trinajstić information content (AvgIpc) is 3.17. The van der Waals surface area contributed by atoms with E-state index in [1.165, 1.54) is 30.2 Å². The molecule has 134 valence electrons. The number of rotatable bonds is 5. The summed E-state index contributed by atoms with van der Waals surface area (Å²) in [6.07, 6.45) is 5.08. The second-order valence-corrected chi connectivity index (χ2v) is 6.64. The maximum Gasteiger partial charge on any atom is 0.328 e. The number of nitrogens with zero attached hydrogens (tertiary/aromatic N) is 2. The molecule has 0 atom stereocenters. The van der Waals surface area contributed by atoms with Crippen molar-refractivity contribution in [2.24, 2.45) is 0 Å². The van der Waals surface area contributed by atoms with Crippen molar-refractivity contribution in [3.8, 4) is 0 Å². The van der Waals surface area contributed by atoms with E-state index in [0.717, 1.165) is 36.0 Å². The van der Waals surface area contributed by atoms with Crippen LogP contribution in [0.15, 0.2) is 54.2 Å². The molecule has 0 unspecified atom stereocenters. The lowest BCUT2D eigenvalue weighted by Crippen LogP contribution is -2.18. The lowest BCUT2D eigenvalue weighted by molar-refractivity contribution is -0.131. The summed E-state index contributed by atoms with van der Waals surface area (Å²) in [7, 11) is 0. The van der Waals surface area contributed by atoms with Gasteiger partial charge in [-0.1, -0.05) is 35.9 Å². The fourth-order valence-corrected chi connectivity index (χ4v) is 3.31. The molecular weight excluding hydrogens is 324 g/mol. The number of carboxylic acids is 1. The molecule has 0 bridgehead atoms. The summed E-state index contributed by atoms with van der Waals surface area (Å²) in [5, 5.41) is 8.86. The van der Waals surface area contributed by atoms with Crippen molar-refractivity contribution in [1.82, 2.24) is 9.88 Å². The van der Waals surface area contributed by atoms with E-state index in [-0.39, 0.29) is 0 Å². The number of aryl methyl sites for hydroxylation is 1. The zero-order valence-corrected chi connectivity index (χ0v) is 15.3. The van der Waals surface area contributed by atoms with E-state index in [9.17, 15) is 4.79 Å². The molecule has 2 aromatic rings. The number of allylic oxidation sites excluding steroid dienone is 1. The first kappa shape index (κ1) is 17.9. The fourth-order valence-electron chi connectivity index (χ4n) is 3.31. The SMILES string of the molecule is C/C(=C(/c1ccc(C)cc1)c1cccc(/C=C/C(=O)O)n1)N1CCCC1. The number of carboxylic acid groups (broad SMARTS) is 1. The highest BCUT2D eigenvalue weighted by atomic mass is 16.4. The molecule has 2 heterocycles. The number of likely N-dealkylation sites (tertiary alicyclic amines) is 1. The van der Waals surface area contributed by atoms with Gasteiger partial charge in [-0.3, -0.25) is 0 Å². The number of carbonyl (C=O) groups is 1. The second-order valence-electron chi connectivity index (χ2n) is 6.64. The van der Waals surface area contributed by atoms with Gasteiger partial charge in [-0.05, 0) is 50.5 Å². The maximum absolute atomic E-state index is 10.8. The van der Waals surface area contributed by atoms with Crippen LogP contribution in [0.1, 0.15) is 42.3 Å². The highest BCUT2D eigenvalue weighted by Crippen LogP contribution is 2.29. The van der Waals surface area contributed by atoms with Gasteiger partial charge in [0.15, 0.2) is 0 Å². The summed E-state index contributed by atoms with van der Waals surface area (Å²) in [4.78, 5) is 17.9. The van der Waals surface area contributed by atoms with Gasteiger partial charge in [0, 0.05) is 30.4 Å². The molecule has 1 fully saturated rings. The molecule has 0 aliphatic carbocycles. The summed E-state index contributed by atoms with van der Waals surface area (Å²) in [5.74, 6) is -0.972. The molecule has 1 aromatic heterocycles. The zero-order valence-electron chi connectivity index (χ0n) is 15.3. The third kappa shape index (κ3) is 4.20. The minimum absolute atomic E-state index is 0.642. The predicted octanol–water partition coefficient (Wildman–Crippen LogP) is 4.36. The Bertz CT molecular complexity index is 845. The van der Waals surface area contributed by atoms with Crippen molar-refractivity contribution in [2.45, 2.75) is 26.7 Å². The van der Waals surface area contributed by atoms with Crippen LogP contribution in [0.25, 0.3) is 11.6 Å². The van der Waals surface area contributed by atoms with Gasteiger partial charge in [-0.25, -0.2) is 9.78 Å². The number of hydrogen-bond acceptors (Lipinski definition) is 3. The topological polar surface area (TPSA) is 53.4 Å². The maximum atomic E-state index is 10.8. The van der Waals surface area contributed by atoms with Gasteiger partial charge in [0.05, 0.1) is 11.4 Å². The van der Waals surface area contributed by atoms with E-state index in [0.29, 0.717) is 5.69 Å². The minimum Gasteiger partial charge on any atom is -0.478 e. The van der Waals surface area contributed by atoms with Gasteiger partial charge in [-0.15, -0.1) is 0 Å². The van der Waals surface area contributed by atoms with Gasteiger partial charge in [0.1, 0.15) is 0 Å². The normalized spacial score (nSPS) is 15.4. The van der Waals surface area contributed by atoms with Crippen molar-refractivity contribution in [3.63, 3.8) is 0 Å². The smallest absolute Gasteiger partial charge is 0.328 e. The molecule has 0 saturated carbocycles. The first-order valence-corrected chi connectivity index (χ1v) is 8.96. The van der Waals surface area contributed by atoms with E-state index >= 15 is 0 Å². The standard InChI is InChI=1S/C22H24N2O2/c1-16-8-10-18(11-9-16)22(17(2)24-14-3-4-15-24)20-7-5-6-19(23-20)12-13-21(25)26/h5-13H,3-4,14-15H2,1-2H3,(H,25,26)/b13-12+,22-17+. The molecule has 0 spiro atoms. The zero-order chi connectivity index (χ0) is 18.5. The van der Waals surface area contributed by atoms with Crippen molar-refractivity contribution in [2.75, 3.05) is 13.1 Å². The Morgan fingerprint density at radius 2 is 1.81 bits per heavy atom. The number of benzene rings is 1. The highest BCUT2D eigenvalue weighted by molar-refractivity contribution is 5.85. The van der Waals surface area contributed by atoms with E-state index < -0.39 is 5.97 Å². The average molecular weight is 348 g/mol. The predicted molar refractivity (Wildman–Crippen MR) is 105 cm³/mol. The van der Waals surface area contributed by atoms with Crippen LogP contribution in [0.3, 0.4) is 0 Å². The molecule has 0 radical (unpaired) electrons. The van der Waals surface area contributed by atoms with Crippen molar-refractivity contribution < 1.29 is 9.90 Å². The molecule has 1 N–H and O–H groups in total. The van der Waals surface area contributed by atoms with Crippen LogP contribution in [-0.4, -0.2) is 34.0 Å². The molecule has 26 heavy (non-hydrogen) atoms. The Morgan fingerprint density at radius 3 is 2.46 bits per heavy atom. The molecule has 1 aliphatic rings. The lowest BCUT2D eigenvalue weighted by Gasteiger charge is -2.23. The monoisotopic (exact) mass is 348 g/mol. The quantitative estimate of drug-likeness (QED) is 0.816. The van der Waals surface area contributed by atoms with Gasteiger partial charge >= 0.3 is 5.97 Å². The molecule has 0 amide bonds. The third-order valence-electron chi connectivity index (χ3n) is 4.71. The largest absolute Gasteiger partial charge is 0.478 e. The first-order chi connectivity index (χ1) is 12.5. The van der Waals surface area contributed by atoms with Crippen molar-refractivity contribution in [1.29, 1.82) is 0 Å². The Morgan fingerprint density at radius 1 is 1.12 bits per heavy atom. The summed E-state index contributed by atoms with van der Waals surface area (Å²) >= 11 is 0. The van der Waals surface area contributed by atoms with E-state index in [1.807, 2.05) is 18.2 Å².